The molecule has 0 N–H and O–H groups in total. The van der Waals surface area contributed by atoms with Crippen molar-refractivity contribution in [2.24, 2.45) is 0 Å². The van der Waals surface area contributed by atoms with Crippen LogP contribution in [0.3, 0.4) is 0 Å². The van der Waals surface area contributed by atoms with Crippen molar-refractivity contribution in [2.45, 2.75) is 6.92 Å². The molecule has 4 rings (SSSR count). The van der Waals surface area contributed by atoms with E-state index in [0.717, 1.165) is 35.5 Å². The van der Waals surface area contributed by atoms with E-state index in [1.165, 1.54) is 6.20 Å². The number of anilines is 2. The lowest BCUT2D eigenvalue weighted by Gasteiger charge is -2.37. The normalized spacial score (nSPS) is 14.1. The van der Waals surface area contributed by atoms with Crippen LogP contribution in [0, 0.1) is 28.4 Å². The number of hydrogen-bond donors (Lipinski definition) is 0. The molecule has 0 spiro atoms. The van der Waals surface area contributed by atoms with Gasteiger partial charge in [0.1, 0.15) is 18.1 Å². The van der Waals surface area contributed by atoms with Crippen LogP contribution in [-0.4, -0.2) is 41.1 Å². The predicted molar refractivity (Wildman–Crippen MR) is 107 cm³/mol. The summed E-state index contributed by atoms with van der Waals surface area (Å²) in [6, 6.07) is 11.8. The summed E-state index contributed by atoms with van der Waals surface area (Å²) in [6.07, 6.45) is 2.95. The average Bonchev–Trinajstić information content (AvgIpc) is 2.72. The highest BCUT2D eigenvalue weighted by atomic mass is 16.6. The lowest BCUT2D eigenvalue weighted by Crippen LogP contribution is -2.47. The summed E-state index contributed by atoms with van der Waals surface area (Å²) < 4.78 is 0. The molecule has 8 nitrogen and oxygen atoms in total. The van der Waals surface area contributed by atoms with Gasteiger partial charge in [-0.1, -0.05) is 18.2 Å². The highest BCUT2D eigenvalue weighted by Crippen LogP contribution is 2.31. The van der Waals surface area contributed by atoms with Crippen LogP contribution in [0.2, 0.25) is 0 Å². The monoisotopic (exact) mass is 374 g/mol. The van der Waals surface area contributed by atoms with Gasteiger partial charge < -0.3 is 9.80 Å². The Balaban J connectivity index is 1.59. The topological polar surface area (TPSA) is 99.2 Å². The summed E-state index contributed by atoms with van der Waals surface area (Å²) in [7, 11) is 0. The number of para-hydroxylation sites is 1. The third kappa shape index (κ3) is 3.07. The van der Waals surface area contributed by atoms with Crippen LogP contribution in [0.15, 0.2) is 42.7 Å². The number of aryl methyl sites for hydroxylation is 1. The molecule has 3 aromatic rings. The Labute approximate surface area is 161 Å². The van der Waals surface area contributed by atoms with Crippen LogP contribution in [-0.2, 0) is 0 Å². The zero-order valence-electron chi connectivity index (χ0n) is 15.4. The molecule has 1 aliphatic rings. The maximum atomic E-state index is 11.0. The molecule has 140 valence electrons. The van der Waals surface area contributed by atoms with Crippen molar-refractivity contribution < 1.29 is 4.92 Å². The first kappa shape index (κ1) is 17.7. The van der Waals surface area contributed by atoms with E-state index >= 15 is 0 Å². The number of nitro groups is 1. The van der Waals surface area contributed by atoms with Gasteiger partial charge in [0.25, 0.3) is 5.69 Å². The van der Waals surface area contributed by atoms with E-state index in [2.05, 4.69) is 25.8 Å². The summed E-state index contributed by atoms with van der Waals surface area (Å²) in [4.78, 5) is 23.5. The van der Waals surface area contributed by atoms with E-state index in [4.69, 9.17) is 0 Å². The van der Waals surface area contributed by atoms with Gasteiger partial charge in [-0.2, -0.15) is 5.26 Å². The van der Waals surface area contributed by atoms with E-state index in [-0.39, 0.29) is 5.69 Å². The Hall–Kier alpha value is -3.73. The van der Waals surface area contributed by atoms with Crippen molar-refractivity contribution in [3.8, 4) is 6.07 Å². The Morgan fingerprint density at radius 2 is 1.82 bits per heavy atom. The third-order valence-electron chi connectivity index (χ3n) is 5.05. The first-order valence-electron chi connectivity index (χ1n) is 8.97. The fraction of sp³-hybridized carbons (Fsp3) is 0.250. The Kier molecular flexibility index (Phi) is 4.49. The standard InChI is InChI=1S/C20H18N6O2/c1-14-10-19(23-13-18(14)26(27)28)24-6-8-25(9-7-24)20-15(11-21)12-22-17-5-3-2-4-16(17)20/h2-5,10,12-13H,6-9H2,1H3. The van der Waals surface area contributed by atoms with E-state index in [0.29, 0.717) is 24.2 Å². The van der Waals surface area contributed by atoms with Crippen molar-refractivity contribution >= 4 is 28.1 Å². The molecule has 0 radical (unpaired) electrons. The number of nitrogens with zero attached hydrogens (tertiary/aromatic N) is 6. The van der Waals surface area contributed by atoms with Gasteiger partial charge in [-0.05, 0) is 19.1 Å². The second kappa shape index (κ2) is 7.12. The highest BCUT2D eigenvalue weighted by molar-refractivity contribution is 5.94. The molecule has 0 saturated carbocycles. The molecule has 8 heteroatoms. The number of nitriles is 1. The Morgan fingerprint density at radius 1 is 1.11 bits per heavy atom. The van der Waals surface area contributed by atoms with Gasteiger partial charge in [-0.3, -0.25) is 15.1 Å². The minimum atomic E-state index is -0.415. The fourth-order valence-electron chi connectivity index (χ4n) is 3.61. The molecule has 0 unspecified atom stereocenters. The molecule has 3 heterocycles. The summed E-state index contributed by atoms with van der Waals surface area (Å²) in [5.41, 5.74) is 2.98. The lowest BCUT2D eigenvalue weighted by molar-refractivity contribution is -0.385. The van der Waals surface area contributed by atoms with Crippen LogP contribution in [0.5, 0.6) is 0 Å². The number of piperazine rings is 1. The summed E-state index contributed by atoms with van der Waals surface area (Å²) in [6.45, 7) is 4.60. The molecular weight excluding hydrogens is 356 g/mol. The molecule has 28 heavy (non-hydrogen) atoms. The van der Waals surface area contributed by atoms with Gasteiger partial charge >= 0.3 is 0 Å². The molecule has 2 aromatic heterocycles. The van der Waals surface area contributed by atoms with Gasteiger partial charge in [0.05, 0.1) is 21.7 Å². The lowest BCUT2D eigenvalue weighted by atomic mass is 10.1. The van der Waals surface area contributed by atoms with Gasteiger partial charge in [0.15, 0.2) is 0 Å². The zero-order valence-corrected chi connectivity index (χ0v) is 15.4. The maximum absolute atomic E-state index is 11.0. The summed E-state index contributed by atoms with van der Waals surface area (Å²) in [5.74, 6) is 0.739. The molecular formula is C20H18N6O2. The number of hydrogen-bond acceptors (Lipinski definition) is 7. The number of pyridine rings is 2. The molecule has 0 atom stereocenters. The Bertz CT molecular complexity index is 1100. The average molecular weight is 374 g/mol. The van der Waals surface area contributed by atoms with Crippen molar-refractivity contribution in [3.63, 3.8) is 0 Å². The van der Waals surface area contributed by atoms with Gasteiger partial charge in [-0.15, -0.1) is 0 Å². The van der Waals surface area contributed by atoms with Crippen LogP contribution in [0.4, 0.5) is 17.2 Å². The van der Waals surface area contributed by atoms with E-state index in [1.807, 2.05) is 24.3 Å². The predicted octanol–water partition coefficient (Wildman–Crippen LogP) is 3.04. The molecule has 1 aliphatic heterocycles. The van der Waals surface area contributed by atoms with Crippen LogP contribution in [0.25, 0.3) is 10.9 Å². The quantitative estimate of drug-likeness (QED) is 0.513. The molecule has 0 aliphatic carbocycles. The first-order chi connectivity index (χ1) is 13.6. The van der Waals surface area contributed by atoms with Gasteiger partial charge in [0.2, 0.25) is 0 Å². The van der Waals surface area contributed by atoms with Crippen LogP contribution < -0.4 is 9.80 Å². The molecule has 1 saturated heterocycles. The number of rotatable bonds is 3. The molecule has 0 bridgehead atoms. The number of benzene rings is 1. The van der Waals surface area contributed by atoms with Crippen LogP contribution >= 0.6 is 0 Å². The maximum Gasteiger partial charge on any atom is 0.290 e. The van der Waals surface area contributed by atoms with Crippen molar-refractivity contribution in [1.29, 1.82) is 5.26 Å². The van der Waals surface area contributed by atoms with Crippen molar-refractivity contribution in [3.05, 3.63) is 64.0 Å². The zero-order chi connectivity index (χ0) is 19.7. The summed E-state index contributed by atoms with van der Waals surface area (Å²) >= 11 is 0. The summed E-state index contributed by atoms with van der Waals surface area (Å²) in [5, 5.41) is 21.5. The minimum absolute atomic E-state index is 0.0318. The Morgan fingerprint density at radius 3 is 2.50 bits per heavy atom. The van der Waals surface area contributed by atoms with Crippen molar-refractivity contribution in [2.75, 3.05) is 36.0 Å². The largest absolute Gasteiger partial charge is 0.366 e. The highest BCUT2D eigenvalue weighted by Gasteiger charge is 2.23. The number of fused-ring (bicyclic) bond motifs is 1. The second-order valence-corrected chi connectivity index (χ2v) is 6.71. The van der Waals surface area contributed by atoms with Gasteiger partial charge in [-0.25, -0.2) is 4.98 Å². The SMILES string of the molecule is Cc1cc(N2CCN(c3c(C#N)cnc4ccccc34)CC2)ncc1[N+](=O)[O-]. The molecule has 0 amide bonds. The van der Waals surface area contributed by atoms with Crippen molar-refractivity contribution in [1.82, 2.24) is 9.97 Å². The number of aromatic nitrogens is 2. The minimum Gasteiger partial charge on any atom is -0.366 e. The van der Waals surface area contributed by atoms with Crippen LogP contribution in [0.1, 0.15) is 11.1 Å². The third-order valence-corrected chi connectivity index (χ3v) is 5.05. The van der Waals surface area contributed by atoms with E-state index in [9.17, 15) is 15.4 Å². The smallest absolute Gasteiger partial charge is 0.290 e. The van der Waals surface area contributed by atoms with E-state index < -0.39 is 4.92 Å². The first-order valence-corrected chi connectivity index (χ1v) is 8.97. The van der Waals surface area contributed by atoms with Gasteiger partial charge in [0, 0.05) is 43.3 Å². The molecule has 1 fully saturated rings. The molecule has 1 aromatic carbocycles. The fourth-order valence-corrected chi connectivity index (χ4v) is 3.61. The van der Waals surface area contributed by atoms with E-state index in [1.54, 1.807) is 19.2 Å². The second-order valence-electron chi connectivity index (χ2n) is 6.71.